The van der Waals surface area contributed by atoms with Crippen LogP contribution in [0.15, 0.2) is 6.07 Å². The Morgan fingerprint density at radius 3 is 2.76 bits per heavy atom. The highest BCUT2D eigenvalue weighted by molar-refractivity contribution is 5.79. The first-order valence-corrected chi connectivity index (χ1v) is 5.62. The molecule has 0 aliphatic heterocycles. The summed E-state index contributed by atoms with van der Waals surface area (Å²) in [5.41, 5.74) is 5.16. The van der Waals surface area contributed by atoms with Gasteiger partial charge in [-0.3, -0.25) is 4.79 Å². The van der Waals surface area contributed by atoms with E-state index in [4.69, 9.17) is 5.73 Å². The molecule has 6 heteroatoms. The number of primary amides is 1. The van der Waals surface area contributed by atoms with Crippen molar-refractivity contribution in [1.29, 1.82) is 0 Å². The van der Waals surface area contributed by atoms with Gasteiger partial charge in [0, 0.05) is 26.6 Å². The first-order chi connectivity index (χ1) is 8.06. The molecule has 0 saturated heterocycles. The van der Waals surface area contributed by atoms with Gasteiger partial charge in [0.25, 0.3) is 0 Å². The van der Waals surface area contributed by atoms with Gasteiger partial charge < -0.3 is 16.0 Å². The van der Waals surface area contributed by atoms with Gasteiger partial charge in [0.05, 0.1) is 6.54 Å². The molecule has 0 bridgehead atoms. The third-order valence-electron chi connectivity index (χ3n) is 2.27. The van der Waals surface area contributed by atoms with Crippen molar-refractivity contribution in [3.63, 3.8) is 0 Å². The molecule has 1 aromatic heterocycles. The molecule has 1 rings (SSSR count). The van der Waals surface area contributed by atoms with Crippen molar-refractivity contribution in [1.82, 2.24) is 9.97 Å². The van der Waals surface area contributed by atoms with Crippen LogP contribution in [0.2, 0.25) is 0 Å². The van der Waals surface area contributed by atoms with E-state index < -0.39 is 0 Å². The van der Waals surface area contributed by atoms with Gasteiger partial charge in [-0.1, -0.05) is 6.92 Å². The minimum Gasteiger partial charge on any atom is -0.373 e. The summed E-state index contributed by atoms with van der Waals surface area (Å²) in [6.07, 6.45) is 1.79. The van der Waals surface area contributed by atoms with Crippen molar-refractivity contribution in [3.05, 3.63) is 11.9 Å². The Labute approximate surface area is 101 Å². The fourth-order valence-electron chi connectivity index (χ4n) is 1.46. The predicted octanol–water partition coefficient (Wildman–Crippen LogP) is 0.392. The summed E-state index contributed by atoms with van der Waals surface area (Å²) in [6, 6.07) is 1.79. The van der Waals surface area contributed by atoms with Crippen LogP contribution in [0.25, 0.3) is 0 Å². The second-order valence-electron chi connectivity index (χ2n) is 3.85. The van der Waals surface area contributed by atoms with Gasteiger partial charge in [-0.15, -0.1) is 0 Å². The van der Waals surface area contributed by atoms with Crippen LogP contribution in [0.5, 0.6) is 0 Å². The molecular weight excluding hydrogens is 218 g/mol. The number of nitrogens with two attached hydrogens (primary N) is 1. The summed E-state index contributed by atoms with van der Waals surface area (Å²) in [7, 11) is 3.58. The molecule has 6 nitrogen and oxygen atoms in total. The number of hydrogen-bond donors (Lipinski definition) is 2. The standard InChI is InChI=1S/C11H19N5O/c1-4-5-9-14-10(13-2)6-11(15-9)16(3)7-8(12)17/h6H,4-5,7H2,1-3H3,(H2,12,17)(H,13,14,15). The average molecular weight is 237 g/mol. The van der Waals surface area contributed by atoms with Crippen LogP contribution in [-0.4, -0.2) is 36.5 Å². The van der Waals surface area contributed by atoms with Crippen LogP contribution in [0.1, 0.15) is 19.2 Å². The van der Waals surface area contributed by atoms with E-state index in [1.54, 1.807) is 25.1 Å². The van der Waals surface area contributed by atoms with E-state index in [9.17, 15) is 4.79 Å². The topological polar surface area (TPSA) is 84.1 Å². The molecule has 0 unspecified atom stereocenters. The quantitative estimate of drug-likeness (QED) is 0.747. The monoisotopic (exact) mass is 237 g/mol. The molecule has 1 heterocycles. The first-order valence-electron chi connectivity index (χ1n) is 5.62. The van der Waals surface area contributed by atoms with Crippen molar-refractivity contribution in [2.45, 2.75) is 19.8 Å². The first kappa shape index (κ1) is 13.2. The average Bonchev–Trinajstić information content (AvgIpc) is 2.28. The SMILES string of the molecule is CCCc1nc(NC)cc(N(C)CC(N)=O)n1. The highest BCUT2D eigenvalue weighted by Crippen LogP contribution is 2.15. The van der Waals surface area contributed by atoms with E-state index in [1.807, 2.05) is 0 Å². The van der Waals surface area contributed by atoms with Crippen molar-refractivity contribution in [2.24, 2.45) is 5.73 Å². The van der Waals surface area contributed by atoms with Crippen LogP contribution < -0.4 is 16.0 Å². The molecule has 0 aliphatic carbocycles. The Hall–Kier alpha value is -1.85. The molecule has 0 aliphatic rings. The maximum Gasteiger partial charge on any atom is 0.236 e. The second-order valence-corrected chi connectivity index (χ2v) is 3.85. The van der Waals surface area contributed by atoms with Crippen molar-refractivity contribution in [3.8, 4) is 0 Å². The zero-order chi connectivity index (χ0) is 12.8. The van der Waals surface area contributed by atoms with Crippen molar-refractivity contribution in [2.75, 3.05) is 30.9 Å². The summed E-state index contributed by atoms with van der Waals surface area (Å²) in [5, 5.41) is 2.98. The molecule has 3 N–H and O–H groups in total. The lowest BCUT2D eigenvalue weighted by atomic mass is 10.3. The summed E-state index contributed by atoms with van der Waals surface area (Å²) >= 11 is 0. The van der Waals surface area contributed by atoms with E-state index in [0.717, 1.165) is 24.5 Å². The lowest BCUT2D eigenvalue weighted by Crippen LogP contribution is -2.31. The van der Waals surface area contributed by atoms with Gasteiger partial charge >= 0.3 is 0 Å². The molecule has 0 aromatic carbocycles. The van der Waals surface area contributed by atoms with E-state index in [0.29, 0.717) is 5.82 Å². The number of carbonyl (C=O) groups is 1. The van der Waals surface area contributed by atoms with Gasteiger partial charge in [-0.25, -0.2) is 9.97 Å². The normalized spacial score (nSPS) is 10.1. The number of anilines is 2. The minimum absolute atomic E-state index is 0.145. The fourth-order valence-corrected chi connectivity index (χ4v) is 1.46. The minimum atomic E-state index is -0.380. The summed E-state index contributed by atoms with van der Waals surface area (Å²) in [5.74, 6) is 1.83. The number of aryl methyl sites for hydroxylation is 1. The van der Waals surface area contributed by atoms with Crippen LogP contribution in [-0.2, 0) is 11.2 Å². The van der Waals surface area contributed by atoms with Crippen LogP contribution >= 0.6 is 0 Å². The smallest absolute Gasteiger partial charge is 0.236 e. The molecule has 0 spiro atoms. The Balaban J connectivity index is 2.96. The highest BCUT2D eigenvalue weighted by Gasteiger charge is 2.09. The summed E-state index contributed by atoms with van der Waals surface area (Å²) in [6.45, 7) is 2.22. The van der Waals surface area contributed by atoms with Gasteiger partial charge in [0.2, 0.25) is 5.91 Å². The Morgan fingerprint density at radius 1 is 1.53 bits per heavy atom. The number of rotatable bonds is 6. The number of hydrogen-bond acceptors (Lipinski definition) is 5. The van der Waals surface area contributed by atoms with Gasteiger partial charge in [-0.2, -0.15) is 0 Å². The number of nitrogens with zero attached hydrogens (tertiary/aromatic N) is 3. The molecule has 1 amide bonds. The Bertz CT molecular complexity index is 393. The lowest BCUT2D eigenvalue weighted by molar-refractivity contribution is -0.116. The largest absolute Gasteiger partial charge is 0.373 e. The molecule has 0 atom stereocenters. The number of nitrogens with one attached hydrogen (secondary N) is 1. The lowest BCUT2D eigenvalue weighted by Gasteiger charge is -2.17. The molecule has 17 heavy (non-hydrogen) atoms. The van der Waals surface area contributed by atoms with E-state index in [-0.39, 0.29) is 12.5 Å². The Morgan fingerprint density at radius 2 is 2.24 bits per heavy atom. The molecule has 94 valence electrons. The third kappa shape index (κ3) is 3.90. The maximum atomic E-state index is 10.9. The number of aromatic nitrogens is 2. The highest BCUT2D eigenvalue weighted by atomic mass is 16.1. The second kappa shape index (κ2) is 6.03. The predicted molar refractivity (Wildman–Crippen MR) is 68.0 cm³/mol. The van der Waals surface area contributed by atoms with Crippen molar-refractivity contribution < 1.29 is 4.79 Å². The van der Waals surface area contributed by atoms with E-state index >= 15 is 0 Å². The van der Waals surface area contributed by atoms with Crippen LogP contribution in [0.3, 0.4) is 0 Å². The van der Waals surface area contributed by atoms with Crippen LogP contribution in [0.4, 0.5) is 11.6 Å². The third-order valence-corrected chi connectivity index (χ3v) is 2.27. The van der Waals surface area contributed by atoms with Gasteiger partial charge in [0.15, 0.2) is 0 Å². The van der Waals surface area contributed by atoms with Gasteiger partial charge in [0.1, 0.15) is 17.5 Å². The maximum absolute atomic E-state index is 10.9. The Kier molecular flexibility index (Phi) is 4.68. The molecule has 0 saturated carbocycles. The van der Waals surface area contributed by atoms with E-state index in [1.165, 1.54) is 0 Å². The molecule has 0 fully saturated rings. The van der Waals surface area contributed by atoms with Crippen LogP contribution in [0, 0.1) is 0 Å². The number of carbonyl (C=O) groups excluding carboxylic acids is 1. The molecule has 0 radical (unpaired) electrons. The van der Waals surface area contributed by atoms with Crippen molar-refractivity contribution >= 4 is 17.5 Å². The van der Waals surface area contributed by atoms with Gasteiger partial charge in [-0.05, 0) is 6.42 Å². The molecule has 1 aromatic rings. The molecular formula is C11H19N5O. The van der Waals surface area contributed by atoms with E-state index in [2.05, 4.69) is 22.2 Å². The fraction of sp³-hybridized carbons (Fsp3) is 0.545. The number of amides is 1. The number of likely N-dealkylation sites (N-methyl/N-ethyl adjacent to an activating group) is 1. The zero-order valence-corrected chi connectivity index (χ0v) is 10.5. The zero-order valence-electron chi connectivity index (χ0n) is 10.5. The summed E-state index contributed by atoms with van der Waals surface area (Å²) < 4.78 is 0. The summed E-state index contributed by atoms with van der Waals surface area (Å²) in [4.78, 5) is 21.3.